The van der Waals surface area contributed by atoms with Crippen molar-refractivity contribution in [2.75, 3.05) is 61.4 Å². The predicted octanol–water partition coefficient (Wildman–Crippen LogP) is 4.99. The molecule has 0 radical (unpaired) electrons. The number of ether oxygens (including phenoxy) is 1. The summed E-state index contributed by atoms with van der Waals surface area (Å²) in [5, 5.41) is 11.1. The molecule has 11 nitrogen and oxygen atoms in total. The second-order valence-electron chi connectivity index (χ2n) is 12.5. The molecule has 4 aromatic rings. The van der Waals surface area contributed by atoms with Crippen molar-refractivity contribution >= 4 is 40.3 Å². The number of fused-ring (bicyclic) bond motifs is 1. The van der Waals surface area contributed by atoms with Gasteiger partial charge in [0, 0.05) is 69.1 Å². The third-order valence-electron chi connectivity index (χ3n) is 9.16. The number of carbonyl (C=O) groups is 1. The van der Waals surface area contributed by atoms with Crippen molar-refractivity contribution in [2.45, 2.75) is 44.1 Å². The summed E-state index contributed by atoms with van der Waals surface area (Å²) in [6.45, 7) is 7.19. The molecular formula is C32H38FN9O2. The monoisotopic (exact) mass is 599 g/mol. The van der Waals surface area contributed by atoms with Crippen molar-refractivity contribution in [2.24, 2.45) is 5.73 Å². The number of benzene rings is 2. The Balaban J connectivity index is 1.20. The highest BCUT2D eigenvalue weighted by Gasteiger charge is 2.35. The van der Waals surface area contributed by atoms with Crippen LogP contribution in [0.4, 0.5) is 32.5 Å². The lowest BCUT2D eigenvalue weighted by Crippen LogP contribution is -2.46. The van der Waals surface area contributed by atoms with E-state index in [1.165, 1.54) is 5.69 Å². The molecule has 0 unspecified atom stereocenters. The molecule has 1 amide bonds. The number of piperidine rings is 1. The number of rotatable bonds is 7. The summed E-state index contributed by atoms with van der Waals surface area (Å²) in [5.74, 6) is 0.954. The van der Waals surface area contributed by atoms with Gasteiger partial charge in [0.1, 0.15) is 11.4 Å². The van der Waals surface area contributed by atoms with Crippen molar-refractivity contribution in [3.63, 3.8) is 0 Å². The van der Waals surface area contributed by atoms with Crippen LogP contribution < -0.4 is 20.9 Å². The second-order valence-corrected chi connectivity index (χ2v) is 12.5. The third kappa shape index (κ3) is 5.73. The van der Waals surface area contributed by atoms with Gasteiger partial charge in [0.2, 0.25) is 5.95 Å². The molecule has 7 rings (SSSR count). The Labute approximate surface area is 255 Å². The van der Waals surface area contributed by atoms with Gasteiger partial charge in [0.05, 0.1) is 11.2 Å². The number of H-pyrrole nitrogens is 1. The van der Waals surface area contributed by atoms with Gasteiger partial charge in [-0.1, -0.05) is 18.2 Å². The molecule has 4 N–H and O–H groups in total. The number of halogens is 1. The average Bonchev–Trinajstić information content (AvgIpc) is 3.80. The highest BCUT2D eigenvalue weighted by molar-refractivity contribution is 5.95. The molecule has 2 aliphatic heterocycles. The number of likely N-dealkylation sites (N-methyl/N-ethyl adjacent to an activating group) is 1. The number of nitrogens with one attached hydrogen (secondary N) is 2. The number of amides is 1. The molecule has 2 aromatic carbocycles. The Morgan fingerprint density at radius 1 is 0.977 bits per heavy atom. The van der Waals surface area contributed by atoms with Crippen LogP contribution in [0.15, 0.2) is 42.5 Å². The van der Waals surface area contributed by atoms with Crippen molar-refractivity contribution in [1.29, 1.82) is 0 Å². The summed E-state index contributed by atoms with van der Waals surface area (Å²) in [6, 6.07) is 14.7. The lowest BCUT2D eigenvalue weighted by atomic mass is 9.93. The van der Waals surface area contributed by atoms with Crippen LogP contribution in [0.5, 0.6) is 0 Å². The number of nitrogens with zero attached hydrogens (tertiary/aromatic N) is 6. The zero-order valence-corrected chi connectivity index (χ0v) is 25.1. The molecule has 0 atom stereocenters. The number of piperazine rings is 1. The van der Waals surface area contributed by atoms with E-state index in [1.807, 2.05) is 19.1 Å². The van der Waals surface area contributed by atoms with Crippen LogP contribution in [-0.2, 0) is 4.74 Å². The maximum absolute atomic E-state index is 15.3. The van der Waals surface area contributed by atoms with Crippen molar-refractivity contribution in [3.8, 4) is 11.1 Å². The first-order valence-electron chi connectivity index (χ1n) is 15.3. The summed E-state index contributed by atoms with van der Waals surface area (Å²) in [6.07, 6.45) is 2.32. The molecule has 3 fully saturated rings. The van der Waals surface area contributed by atoms with Crippen LogP contribution in [0, 0.1) is 5.82 Å². The van der Waals surface area contributed by atoms with Gasteiger partial charge in [0.25, 0.3) is 0 Å². The van der Waals surface area contributed by atoms with Crippen LogP contribution in [0.1, 0.15) is 44.2 Å². The minimum atomic E-state index is -0.772. The van der Waals surface area contributed by atoms with E-state index in [4.69, 9.17) is 20.4 Å². The van der Waals surface area contributed by atoms with Crippen LogP contribution in [0.25, 0.3) is 22.0 Å². The molecule has 0 bridgehead atoms. The van der Waals surface area contributed by atoms with Crippen molar-refractivity contribution in [3.05, 3.63) is 54.0 Å². The van der Waals surface area contributed by atoms with Crippen molar-refractivity contribution in [1.82, 2.24) is 25.1 Å². The topological polar surface area (TPSA) is 129 Å². The molecule has 3 aliphatic rings. The Kier molecular flexibility index (Phi) is 7.23. The fourth-order valence-electron chi connectivity index (χ4n) is 6.17. The highest BCUT2D eigenvalue weighted by atomic mass is 19.1. The number of aromatic nitrogens is 4. The summed E-state index contributed by atoms with van der Waals surface area (Å²) in [4.78, 5) is 28.0. The SMILES string of the molecule is CN1CCN(c2ccc(-c3ccc4nc(N5CCC(C)(OC(N)=O)CC5)nc(Nc5n[nH]c(C6CC6)c5F)c4c3)cc2)CC1. The zero-order valence-electron chi connectivity index (χ0n) is 25.1. The number of hydrogen-bond donors (Lipinski definition) is 3. The van der Waals surface area contributed by atoms with Crippen molar-refractivity contribution < 1.29 is 13.9 Å². The van der Waals surface area contributed by atoms with Gasteiger partial charge in [-0.25, -0.2) is 14.2 Å². The van der Waals surface area contributed by atoms with E-state index in [0.717, 1.165) is 61.1 Å². The Morgan fingerprint density at radius 2 is 1.68 bits per heavy atom. The maximum Gasteiger partial charge on any atom is 0.405 e. The fraction of sp³-hybridized carbons (Fsp3) is 0.438. The molecular weight excluding hydrogens is 561 g/mol. The summed E-state index contributed by atoms with van der Waals surface area (Å²) in [7, 11) is 2.16. The summed E-state index contributed by atoms with van der Waals surface area (Å²) in [5.41, 5.74) is 9.24. The van der Waals surface area contributed by atoms with Crippen LogP contribution in [0.2, 0.25) is 0 Å². The zero-order chi connectivity index (χ0) is 30.4. The van der Waals surface area contributed by atoms with E-state index in [2.05, 4.69) is 67.6 Å². The van der Waals surface area contributed by atoms with Crippen LogP contribution in [0.3, 0.4) is 0 Å². The van der Waals surface area contributed by atoms with Crippen LogP contribution >= 0.6 is 0 Å². The molecule has 0 spiro atoms. The number of nitrogens with two attached hydrogens (primary N) is 1. The largest absolute Gasteiger partial charge is 0.443 e. The van der Waals surface area contributed by atoms with Gasteiger partial charge in [-0.15, -0.1) is 0 Å². The van der Waals surface area contributed by atoms with Gasteiger partial charge in [-0.2, -0.15) is 10.1 Å². The van der Waals surface area contributed by atoms with E-state index in [9.17, 15) is 4.79 Å². The number of anilines is 4. The second kappa shape index (κ2) is 11.2. The Bertz CT molecular complexity index is 1670. The third-order valence-corrected chi connectivity index (χ3v) is 9.16. The Hall–Kier alpha value is -4.45. The lowest BCUT2D eigenvalue weighted by molar-refractivity contribution is 0.0125. The van der Waals surface area contributed by atoms with E-state index in [0.29, 0.717) is 43.4 Å². The van der Waals surface area contributed by atoms with Gasteiger partial charge in [0.15, 0.2) is 11.6 Å². The smallest absolute Gasteiger partial charge is 0.405 e. The molecule has 2 saturated heterocycles. The maximum atomic E-state index is 15.3. The molecule has 1 saturated carbocycles. The number of primary amides is 1. The summed E-state index contributed by atoms with van der Waals surface area (Å²) < 4.78 is 20.7. The highest BCUT2D eigenvalue weighted by Crippen LogP contribution is 2.42. The normalized spacial score (nSPS) is 18.9. The quantitative estimate of drug-likeness (QED) is 0.269. The lowest BCUT2D eigenvalue weighted by Gasteiger charge is -2.38. The number of hydrogen-bond acceptors (Lipinski definition) is 9. The first-order chi connectivity index (χ1) is 21.2. The van der Waals surface area contributed by atoms with Gasteiger partial charge >= 0.3 is 6.09 Å². The molecule has 230 valence electrons. The van der Waals surface area contributed by atoms with Gasteiger partial charge < -0.3 is 30.5 Å². The standard InChI is InChI=1S/C32H38FN9O2/c1-32(44-30(34)43)11-13-42(14-12-32)31-35-25-10-7-22(20-5-8-23(9-6-20)41-17-15-40(2)16-18-41)19-24(25)28(37-31)36-29-26(33)27(38-39-29)21-3-4-21/h5-10,19,21H,3-4,11-18H2,1-2H3,(H2,34,43)(H2,35,36,37,38,39). The van der Waals surface area contributed by atoms with E-state index in [1.54, 1.807) is 0 Å². The molecule has 44 heavy (non-hydrogen) atoms. The first-order valence-corrected chi connectivity index (χ1v) is 15.3. The average molecular weight is 600 g/mol. The summed E-state index contributed by atoms with van der Waals surface area (Å²) >= 11 is 0. The van der Waals surface area contributed by atoms with Gasteiger partial charge in [-0.3, -0.25) is 5.10 Å². The Morgan fingerprint density at radius 3 is 2.36 bits per heavy atom. The minimum Gasteiger partial charge on any atom is -0.443 e. The molecule has 12 heteroatoms. The fourth-order valence-corrected chi connectivity index (χ4v) is 6.17. The van der Waals surface area contributed by atoms with Crippen LogP contribution in [-0.4, -0.2) is 83.1 Å². The van der Waals surface area contributed by atoms with Gasteiger partial charge in [-0.05, 0) is 62.2 Å². The van der Waals surface area contributed by atoms with E-state index < -0.39 is 11.7 Å². The first kappa shape index (κ1) is 28.3. The molecule has 2 aromatic heterocycles. The van der Waals surface area contributed by atoms with E-state index >= 15 is 4.39 Å². The predicted molar refractivity (Wildman–Crippen MR) is 169 cm³/mol. The van der Waals surface area contributed by atoms with E-state index in [-0.39, 0.29) is 17.6 Å². The number of aromatic amines is 1. The molecule has 1 aliphatic carbocycles. The minimum absolute atomic E-state index is 0.126. The molecule has 4 heterocycles. The number of carbonyl (C=O) groups excluding carboxylic acids is 1.